The van der Waals surface area contributed by atoms with E-state index in [1.807, 2.05) is 85.1 Å². The summed E-state index contributed by atoms with van der Waals surface area (Å²) in [5, 5.41) is 2.95. The zero-order valence-electron chi connectivity index (χ0n) is 18.2. The summed E-state index contributed by atoms with van der Waals surface area (Å²) in [6.07, 6.45) is 0. The lowest BCUT2D eigenvalue weighted by atomic mass is 10.1. The number of hydrogen-bond donors (Lipinski definition) is 2. The first-order valence-electron chi connectivity index (χ1n) is 10.4. The maximum absolute atomic E-state index is 13.4. The van der Waals surface area contributed by atoms with Crippen LogP contribution in [0.2, 0.25) is 0 Å². The lowest BCUT2D eigenvalue weighted by molar-refractivity contribution is 0.102. The van der Waals surface area contributed by atoms with Crippen molar-refractivity contribution in [1.29, 1.82) is 0 Å². The van der Waals surface area contributed by atoms with Crippen LogP contribution in [0.4, 0.5) is 11.5 Å². The van der Waals surface area contributed by atoms with Crippen molar-refractivity contribution in [3.8, 4) is 5.69 Å². The first-order valence-corrected chi connectivity index (χ1v) is 10.4. The van der Waals surface area contributed by atoms with Crippen LogP contribution in [0.15, 0.2) is 66.7 Å². The van der Waals surface area contributed by atoms with Crippen LogP contribution in [0.5, 0.6) is 0 Å². The summed E-state index contributed by atoms with van der Waals surface area (Å²) in [6.45, 7) is 6.11. The Kier molecular flexibility index (Phi) is 4.63. The van der Waals surface area contributed by atoms with Gasteiger partial charge in [0.25, 0.3) is 5.91 Å². The van der Waals surface area contributed by atoms with Crippen molar-refractivity contribution in [1.82, 2.24) is 14.5 Å². The molecule has 5 rings (SSSR count). The molecule has 0 atom stereocenters. The van der Waals surface area contributed by atoms with Crippen molar-refractivity contribution in [3.05, 3.63) is 89.0 Å². The van der Waals surface area contributed by atoms with E-state index in [2.05, 4.69) is 12.2 Å². The monoisotopic (exact) mass is 421 g/mol. The molecule has 0 radical (unpaired) electrons. The number of nitrogens with one attached hydrogen (secondary N) is 1. The molecule has 32 heavy (non-hydrogen) atoms. The van der Waals surface area contributed by atoms with E-state index >= 15 is 0 Å². The Hall–Kier alpha value is -4.19. The Morgan fingerprint density at radius 2 is 1.56 bits per heavy atom. The molecule has 0 saturated heterocycles. The molecule has 1 amide bonds. The van der Waals surface area contributed by atoms with Gasteiger partial charge in [0, 0.05) is 11.4 Å². The molecule has 0 bridgehead atoms. The Bertz CT molecular complexity index is 1500. The quantitative estimate of drug-likeness (QED) is 0.412. The van der Waals surface area contributed by atoms with Crippen molar-refractivity contribution < 1.29 is 4.79 Å². The second kappa shape index (κ2) is 7.50. The fourth-order valence-corrected chi connectivity index (χ4v) is 3.84. The number of benzene rings is 3. The van der Waals surface area contributed by atoms with Crippen LogP contribution >= 0.6 is 0 Å². The Morgan fingerprint density at radius 1 is 0.875 bits per heavy atom. The zero-order valence-corrected chi connectivity index (χ0v) is 18.2. The van der Waals surface area contributed by atoms with Gasteiger partial charge >= 0.3 is 0 Å². The van der Waals surface area contributed by atoms with Crippen molar-refractivity contribution in [3.63, 3.8) is 0 Å². The predicted molar refractivity (Wildman–Crippen MR) is 129 cm³/mol. The third kappa shape index (κ3) is 3.26. The van der Waals surface area contributed by atoms with Crippen molar-refractivity contribution in [2.45, 2.75) is 20.8 Å². The number of aromatic nitrogens is 3. The van der Waals surface area contributed by atoms with Gasteiger partial charge in [-0.2, -0.15) is 0 Å². The molecule has 3 N–H and O–H groups in total. The minimum atomic E-state index is -0.316. The third-order valence-electron chi connectivity index (χ3n) is 5.78. The Labute approximate surface area is 185 Å². The van der Waals surface area contributed by atoms with Crippen LogP contribution in [0.25, 0.3) is 27.9 Å². The van der Waals surface area contributed by atoms with Gasteiger partial charge in [-0.05, 0) is 68.3 Å². The van der Waals surface area contributed by atoms with Gasteiger partial charge in [-0.3, -0.25) is 9.36 Å². The fourth-order valence-electron chi connectivity index (χ4n) is 3.84. The van der Waals surface area contributed by atoms with E-state index < -0.39 is 0 Å². The SMILES string of the molecule is Cc1ccc(NC(=O)c2c(N)n(-c3ccc(C)c(C)c3)c3nc4ccccc4nc23)cc1. The summed E-state index contributed by atoms with van der Waals surface area (Å²) in [6, 6.07) is 21.3. The molecule has 158 valence electrons. The summed E-state index contributed by atoms with van der Waals surface area (Å²) < 4.78 is 1.81. The number of hydrogen-bond acceptors (Lipinski definition) is 4. The Morgan fingerprint density at radius 3 is 2.25 bits per heavy atom. The van der Waals surface area contributed by atoms with E-state index in [4.69, 9.17) is 15.7 Å². The van der Waals surface area contributed by atoms with Crippen LogP contribution in [0.1, 0.15) is 27.0 Å². The molecule has 6 nitrogen and oxygen atoms in total. The molecule has 3 aromatic carbocycles. The number of anilines is 2. The van der Waals surface area contributed by atoms with Gasteiger partial charge in [-0.1, -0.05) is 35.9 Å². The third-order valence-corrected chi connectivity index (χ3v) is 5.78. The maximum Gasteiger partial charge on any atom is 0.261 e. The first-order chi connectivity index (χ1) is 15.4. The van der Waals surface area contributed by atoms with Crippen molar-refractivity contribution >= 4 is 39.6 Å². The van der Waals surface area contributed by atoms with E-state index in [0.29, 0.717) is 33.7 Å². The second-order valence-corrected chi connectivity index (χ2v) is 8.07. The van der Waals surface area contributed by atoms with Gasteiger partial charge in [0.05, 0.1) is 11.0 Å². The van der Waals surface area contributed by atoms with Gasteiger partial charge in [0.1, 0.15) is 16.9 Å². The number of fused-ring (bicyclic) bond motifs is 2. The highest BCUT2D eigenvalue weighted by molar-refractivity contribution is 6.16. The number of carbonyl (C=O) groups is 1. The van der Waals surface area contributed by atoms with E-state index in [-0.39, 0.29) is 5.91 Å². The van der Waals surface area contributed by atoms with E-state index in [1.54, 1.807) is 0 Å². The molecule has 0 saturated carbocycles. The van der Waals surface area contributed by atoms with Crippen molar-refractivity contribution in [2.75, 3.05) is 11.1 Å². The van der Waals surface area contributed by atoms with Gasteiger partial charge < -0.3 is 11.1 Å². The predicted octanol–water partition coefficient (Wildman–Crippen LogP) is 5.33. The molecule has 5 aromatic rings. The standard InChI is InChI=1S/C26H23N5O/c1-15-8-11-18(12-9-15)28-26(32)22-23-25(30-21-7-5-4-6-20(21)29-23)31(24(22)27)19-13-10-16(2)17(3)14-19/h4-14H,27H2,1-3H3,(H,28,32). The van der Waals surface area contributed by atoms with Crippen molar-refractivity contribution in [2.24, 2.45) is 0 Å². The maximum atomic E-state index is 13.4. The van der Waals surface area contributed by atoms with Crippen LogP contribution in [-0.4, -0.2) is 20.4 Å². The highest BCUT2D eigenvalue weighted by atomic mass is 16.1. The molecule has 2 heterocycles. The van der Waals surface area contributed by atoms with Crippen LogP contribution in [0, 0.1) is 20.8 Å². The number of nitrogen functional groups attached to an aromatic ring is 1. The van der Waals surface area contributed by atoms with Gasteiger partial charge in [-0.15, -0.1) is 0 Å². The minimum Gasteiger partial charge on any atom is -0.384 e. The number of para-hydroxylation sites is 2. The van der Waals surface area contributed by atoms with Gasteiger partial charge in [-0.25, -0.2) is 9.97 Å². The average molecular weight is 422 g/mol. The summed E-state index contributed by atoms with van der Waals surface area (Å²) in [5.41, 5.74) is 14.4. The van der Waals surface area contributed by atoms with Crippen LogP contribution in [0.3, 0.4) is 0 Å². The highest BCUT2D eigenvalue weighted by Gasteiger charge is 2.25. The smallest absolute Gasteiger partial charge is 0.261 e. The molecule has 0 fully saturated rings. The normalized spacial score (nSPS) is 11.2. The summed E-state index contributed by atoms with van der Waals surface area (Å²) in [4.78, 5) is 23.0. The zero-order chi connectivity index (χ0) is 22.4. The molecule has 0 aliphatic heterocycles. The summed E-state index contributed by atoms with van der Waals surface area (Å²) >= 11 is 0. The van der Waals surface area contributed by atoms with Gasteiger partial charge in [0.15, 0.2) is 5.65 Å². The number of rotatable bonds is 3. The average Bonchev–Trinajstić information content (AvgIpc) is 3.06. The molecule has 0 aliphatic carbocycles. The van der Waals surface area contributed by atoms with Gasteiger partial charge in [0.2, 0.25) is 0 Å². The van der Waals surface area contributed by atoms with Crippen LogP contribution in [-0.2, 0) is 0 Å². The van der Waals surface area contributed by atoms with E-state index in [1.165, 1.54) is 5.56 Å². The number of carbonyl (C=O) groups excluding carboxylic acids is 1. The van der Waals surface area contributed by atoms with Crippen LogP contribution < -0.4 is 11.1 Å². The molecule has 0 unspecified atom stereocenters. The number of nitrogens with two attached hydrogens (primary N) is 1. The Balaban J connectivity index is 1.75. The summed E-state index contributed by atoms with van der Waals surface area (Å²) in [7, 11) is 0. The summed E-state index contributed by atoms with van der Waals surface area (Å²) in [5.74, 6) is -0.00770. The number of aryl methyl sites for hydroxylation is 3. The molecular weight excluding hydrogens is 398 g/mol. The lowest BCUT2D eigenvalue weighted by Gasteiger charge is -2.10. The molecule has 6 heteroatoms. The largest absolute Gasteiger partial charge is 0.384 e. The number of nitrogens with zero attached hydrogens (tertiary/aromatic N) is 3. The molecule has 2 aromatic heterocycles. The van der Waals surface area contributed by atoms with E-state index in [0.717, 1.165) is 22.3 Å². The molecule has 0 spiro atoms. The fraction of sp³-hybridized carbons (Fsp3) is 0.115. The number of amides is 1. The van der Waals surface area contributed by atoms with E-state index in [9.17, 15) is 4.79 Å². The highest BCUT2D eigenvalue weighted by Crippen LogP contribution is 2.32. The topological polar surface area (TPSA) is 85.8 Å². The molecule has 0 aliphatic rings. The first kappa shape index (κ1) is 19.8. The minimum absolute atomic E-state index is 0.308. The lowest BCUT2D eigenvalue weighted by Crippen LogP contribution is -2.14. The molecular formula is C26H23N5O. The second-order valence-electron chi connectivity index (χ2n) is 8.07.